The fourth-order valence-corrected chi connectivity index (χ4v) is 4.84. The van der Waals surface area contributed by atoms with Crippen molar-refractivity contribution in [3.8, 4) is 0 Å². The van der Waals surface area contributed by atoms with Gasteiger partial charge in [-0.15, -0.1) is 0 Å². The van der Waals surface area contributed by atoms with Crippen LogP contribution in [0.15, 0.2) is 0 Å². The molecular weight excluding hydrogens is 260 g/mol. The Labute approximate surface area is 118 Å². The predicted molar refractivity (Wildman–Crippen MR) is 69.6 cm³/mol. The quantitative estimate of drug-likeness (QED) is 0.736. The summed E-state index contributed by atoms with van der Waals surface area (Å²) in [7, 11) is 0. The second-order valence-electron chi connectivity index (χ2n) is 6.75. The highest BCUT2D eigenvalue weighted by molar-refractivity contribution is 5.79. The van der Waals surface area contributed by atoms with Gasteiger partial charge in [-0.2, -0.15) is 0 Å². The minimum absolute atomic E-state index is 0.251. The maximum Gasteiger partial charge on any atom is 0.314 e. The number of aliphatic hydroxyl groups is 1. The van der Waals surface area contributed by atoms with Crippen molar-refractivity contribution in [1.82, 2.24) is 0 Å². The van der Waals surface area contributed by atoms with Gasteiger partial charge in [-0.3, -0.25) is 9.59 Å². The number of aliphatic hydroxyl groups excluding tert-OH is 1. The molecule has 2 saturated carbocycles. The fourth-order valence-electron chi connectivity index (χ4n) is 4.84. The van der Waals surface area contributed by atoms with Gasteiger partial charge in [0.1, 0.15) is 17.6 Å². The lowest BCUT2D eigenvalue weighted by Gasteiger charge is -2.56. The van der Waals surface area contributed by atoms with Gasteiger partial charge in [0.25, 0.3) is 0 Å². The number of esters is 2. The van der Waals surface area contributed by atoms with Gasteiger partial charge < -0.3 is 14.6 Å². The predicted octanol–water partition coefficient (Wildman–Crippen LogP) is 1.42. The summed E-state index contributed by atoms with van der Waals surface area (Å²) < 4.78 is 11.1. The van der Waals surface area contributed by atoms with Crippen LogP contribution in [0.1, 0.15) is 46.5 Å². The lowest BCUT2D eigenvalue weighted by atomic mass is 9.49. The Balaban J connectivity index is 2.05. The van der Waals surface area contributed by atoms with Gasteiger partial charge in [0, 0.05) is 12.3 Å². The molecule has 0 aromatic heterocycles. The van der Waals surface area contributed by atoms with Crippen molar-refractivity contribution in [2.24, 2.45) is 17.3 Å². The zero-order valence-corrected chi connectivity index (χ0v) is 12.2. The second-order valence-corrected chi connectivity index (χ2v) is 6.75. The minimum atomic E-state index is -0.789. The highest BCUT2D eigenvalue weighted by Gasteiger charge is 2.74. The Morgan fingerprint density at radius 3 is 2.75 bits per heavy atom. The fraction of sp³-hybridized carbons (Fsp3) is 0.867. The number of carbonyl (C=O) groups is 2. The van der Waals surface area contributed by atoms with Gasteiger partial charge in [0.15, 0.2) is 0 Å². The van der Waals surface area contributed by atoms with E-state index in [1.54, 1.807) is 0 Å². The minimum Gasteiger partial charge on any atom is -0.462 e. The molecule has 2 bridgehead atoms. The smallest absolute Gasteiger partial charge is 0.314 e. The molecule has 1 heterocycles. The van der Waals surface area contributed by atoms with E-state index in [0.717, 1.165) is 6.42 Å². The normalized spacial score (nSPS) is 50.3. The molecule has 5 nitrogen and oxygen atoms in total. The molecule has 0 radical (unpaired) electrons. The molecule has 1 aliphatic heterocycles. The van der Waals surface area contributed by atoms with E-state index in [-0.39, 0.29) is 17.9 Å². The van der Waals surface area contributed by atoms with Crippen molar-refractivity contribution in [3.63, 3.8) is 0 Å². The molecule has 2 aliphatic carbocycles. The summed E-state index contributed by atoms with van der Waals surface area (Å²) in [6.07, 6.45) is 1.63. The third-order valence-corrected chi connectivity index (χ3v) is 6.02. The van der Waals surface area contributed by atoms with Crippen LogP contribution < -0.4 is 0 Å². The van der Waals surface area contributed by atoms with Crippen molar-refractivity contribution < 1.29 is 24.2 Å². The van der Waals surface area contributed by atoms with E-state index < -0.39 is 29.1 Å². The monoisotopic (exact) mass is 282 g/mol. The van der Waals surface area contributed by atoms with Crippen LogP contribution in [0.2, 0.25) is 0 Å². The second kappa shape index (κ2) is 4.20. The average molecular weight is 282 g/mol. The molecule has 0 aromatic rings. The molecule has 1 saturated heterocycles. The Hall–Kier alpha value is -1.10. The van der Waals surface area contributed by atoms with Crippen LogP contribution in [0, 0.1) is 17.3 Å². The molecule has 1 N–H and O–H groups in total. The highest BCUT2D eigenvalue weighted by Crippen LogP contribution is 2.64. The number of carbonyl (C=O) groups excluding carboxylic acids is 2. The molecule has 20 heavy (non-hydrogen) atoms. The Bertz CT molecular complexity index is 461. The third kappa shape index (κ3) is 1.47. The molecule has 3 fully saturated rings. The first-order valence-corrected chi connectivity index (χ1v) is 7.41. The number of hydrogen-bond donors (Lipinski definition) is 1. The molecule has 6 atom stereocenters. The summed E-state index contributed by atoms with van der Waals surface area (Å²) in [5.41, 5.74) is -1.25. The first-order valence-electron chi connectivity index (χ1n) is 7.41. The van der Waals surface area contributed by atoms with E-state index in [9.17, 15) is 14.7 Å². The van der Waals surface area contributed by atoms with Crippen LogP contribution in [0.25, 0.3) is 0 Å². The maximum atomic E-state index is 12.4. The first-order chi connectivity index (χ1) is 9.33. The maximum absolute atomic E-state index is 12.4. The summed E-state index contributed by atoms with van der Waals surface area (Å²) in [6, 6.07) is 0. The summed E-state index contributed by atoms with van der Waals surface area (Å²) in [6.45, 7) is 5.49. The number of rotatable bonds is 1. The van der Waals surface area contributed by atoms with Crippen LogP contribution in [-0.2, 0) is 19.1 Å². The topological polar surface area (TPSA) is 72.8 Å². The lowest BCUT2D eigenvalue weighted by Crippen LogP contribution is -2.64. The Kier molecular flexibility index (Phi) is 2.91. The number of ether oxygens (including phenoxy) is 2. The van der Waals surface area contributed by atoms with Gasteiger partial charge in [-0.1, -0.05) is 13.8 Å². The van der Waals surface area contributed by atoms with Gasteiger partial charge in [-0.25, -0.2) is 0 Å². The van der Waals surface area contributed by atoms with Crippen molar-refractivity contribution in [1.29, 1.82) is 0 Å². The van der Waals surface area contributed by atoms with Gasteiger partial charge in [0.05, 0.1) is 6.10 Å². The van der Waals surface area contributed by atoms with Crippen molar-refractivity contribution in [2.75, 3.05) is 0 Å². The molecule has 6 unspecified atom stereocenters. The molecule has 3 rings (SSSR count). The Morgan fingerprint density at radius 1 is 1.40 bits per heavy atom. The van der Waals surface area contributed by atoms with Crippen LogP contribution >= 0.6 is 0 Å². The van der Waals surface area contributed by atoms with E-state index in [0.29, 0.717) is 19.3 Å². The highest BCUT2D eigenvalue weighted by atomic mass is 16.6. The molecule has 5 heteroatoms. The molecule has 0 amide bonds. The van der Waals surface area contributed by atoms with Gasteiger partial charge >= 0.3 is 11.9 Å². The van der Waals surface area contributed by atoms with E-state index in [4.69, 9.17) is 9.47 Å². The van der Waals surface area contributed by atoms with Crippen molar-refractivity contribution >= 4 is 11.9 Å². The molecule has 112 valence electrons. The lowest BCUT2D eigenvalue weighted by molar-refractivity contribution is -0.209. The summed E-state index contributed by atoms with van der Waals surface area (Å²) in [4.78, 5) is 23.7. The van der Waals surface area contributed by atoms with Crippen LogP contribution in [0.4, 0.5) is 0 Å². The molecule has 0 aromatic carbocycles. The van der Waals surface area contributed by atoms with E-state index >= 15 is 0 Å². The van der Waals surface area contributed by atoms with Gasteiger partial charge in [-0.05, 0) is 31.6 Å². The van der Waals surface area contributed by atoms with Gasteiger partial charge in [0.2, 0.25) is 0 Å². The average Bonchev–Trinajstić information content (AvgIpc) is 2.50. The van der Waals surface area contributed by atoms with Crippen molar-refractivity contribution in [2.45, 2.75) is 64.3 Å². The largest absolute Gasteiger partial charge is 0.462 e. The molecule has 3 aliphatic rings. The zero-order valence-electron chi connectivity index (χ0n) is 12.2. The molecular formula is C15H22O5. The summed E-state index contributed by atoms with van der Waals surface area (Å²) in [5, 5.41) is 10.5. The third-order valence-electron chi connectivity index (χ3n) is 6.02. The van der Waals surface area contributed by atoms with Crippen molar-refractivity contribution in [3.05, 3.63) is 0 Å². The summed E-state index contributed by atoms with van der Waals surface area (Å²) >= 11 is 0. The zero-order chi connectivity index (χ0) is 14.7. The van der Waals surface area contributed by atoms with E-state index in [1.165, 1.54) is 6.92 Å². The van der Waals surface area contributed by atoms with Crippen LogP contribution in [-0.4, -0.2) is 34.9 Å². The van der Waals surface area contributed by atoms with Crippen LogP contribution in [0.3, 0.4) is 0 Å². The van der Waals surface area contributed by atoms with E-state index in [2.05, 4.69) is 6.92 Å². The van der Waals surface area contributed by atoms with E-state index in [1.807, 2.05) is 6.92 Å². The first kappa shape index (κ1) is 13.9. The Morgan fingerprint density at radius 2 is 2.10 bits per heavy atom. The van der Waals surface area contributed by atoms with Crippen LogP contribution in [0.5, 0.6) is 0 Å². The molecule has 0 spiro atoms. The SMILES string of the molecule is CC(=O)OC1CCC23OC(=O)C1C2(C)C(C)CCC3O. The number of hydrogen-bond acceptors (Lipinski definition) is 5. The summed E-state index contributed by atoms with van der Waals surface area (Å²) in [5.74, 6) is -0.885. The standard InChI is InChI=1S/C15H22O5/c1-8-4-5-11(17)15-7-6-10(19-9(2)16)12(13(18)20-15)14(8,15)3/h8,10-12,17H,4-7H2,1-3H3.